The van der Waals surface area contributed by atoms with Gasteiger partial charge >= 0.3 is 0 Å². The maximum atomic E-state index is 6.17. The van der Waals surface area contributed by atoms with Gasteiger partial charge in [0.2, 0.25) is 0 Å². The van der Waals surface area contributed by atoms with E-state index in [-0.39, 0.29) is 6.04 Å². The van der Waals surface area contributed by atoms with E-state index in [1.54, 1.807) is 7.11 Å². The van der Waals surface area contributed by atoms with Crippen LogP contribution in [0.2, 0.25) is 0 Å². The van der Waals surface area contributed by atoms with Crippen LogP contribution >= 0.6 is 0 Å². The van der Waals surface area contributed by atoms with Crippen molar-refractivity contribution in [1.82, 2.24) is 0 Å². The molecule has 3 nitrogen and oxygen atoms in total. The summed E-state index contributed by atoms with van der Waals surface area (Å²) in [5.74, 6) is 0.856. The second kappa shape index (κ2) is 7.14. The zero-order chi connectivity index (χ0) is 15.2. The Morgan fingerprint density at radius 1 is 1.10 bits per heavy atom. The molecule has 0 aliphatic heterocycles. The van der Waals surface area contributed by atoms with E-state index in [1.165, 1.54) is 5.56 Å². The molecule has 0 spiro atoms. The molecule has 1 atom stereocenters. The van der Waals surface area contributed by atoms with Crippen LogP contribution in [0.1, 0.15) is 31.0 Å². The highest BCUT2D eigenvalue weighted by Crippen LogP contribution is 2.34. The van der Waals surface area contributed by atoms with Gasteiger partial charge in [-0.3, -0.25) is 0 Å². The summed E-state index contributed by atoms with van der Waals surface area (Å²) in [7, 11) is 1.69. The molecule has 0 aliphatic carbocycles. The monoisotopic (exact) mass is 284 g/mol. The zero-order valence-corrected chi connectivity index (χ0v) is 13.0. The minimum atomic E-state index is -0.0685. The average molecular weight is 284 g/mol. The Bertz CT molecular complexity index is 567. The number of ether oxygens (including phenoxy) is 1. The van der Waals surface area contributed by atoms with Gasteiger partial charge in [0.05, 0.1) is 7.11 Å². The number of hydrogen-bond donors (Lipinski definition) is 1. The predicted octanol–water partition coefficient (Wildman–Crippen LogP) is 3.74. The summed E-state index contributed by atoms with van der Waals surface area (Å²) in [5, 5.41) is 0. The first-order valence-corrected chi connectivity index (χ1v) is 7.38. The number of hydrogen-bond acceptors (Lipinski definition) is 3. The lowest BCUT2D eigenvalue weighted by Crippen LogP contribution is -2.25. The van der Waals surface area contributed by atoms with E-state index in [4.69, 9.17) is 10.5 Å². The Kier molecular flexibility index (Phi) is 5.23. The SMILES string of the molecule is CCN(Cc1ccccc1)c1cccc(OC)c1C(C)N. The van der Waals surface area contributed by atoms with Crippen LogP contribution in [-0.2, 0) is 6.54 Å². The number of methoxy groups -OCH3 is 1. The van der Waals surface area contributed by atoms with Gasteiger partial charge < -0.3 is 15.4 Å². The van der Waals surface area contributed by atoms with Gasteiger partial charge in [0.1, 0.15) is 5.75 Å². The molecule has 2 aromatic rings. The lowest BCUT2D eigenvalue weighted by molar-refractivity contribution is 0.407. The Hall–Kier alpha value is -2.00. The first-order chi connectivity index (χ1) is 10.2. The molecule has 3 heteroatoms. The highest BCUT2D eigenvalue weighted by atomic mass is 16.5. The third-order valence-corrected chi connectivity index (χ3v) is 3.66. The zero-order valence-electron chi connectivity index (χ0n) is 13.0. The summed E-state index contributed by atoms with van der Waals surface area (Å²) >= 11 is 0. The highest BCUT2D eigenvalue weighted by Gasteiger charge is 2.17. The van der Waals surface area contributed by atoms with Crippen molar-refractivity contribution < 1.29 is 4.74 Å². The minimum absolute atomic E-state index is 0.0685. The fourth-order valence-electron chi connectivity index (χ4n) is 2.61. The van der Waals surface area contributed by atoms with Crippen molar-refractivity contribution in [3.8, 4) is 5.75 Å². The highest BCUT2D eigenvalue weighted by molar-refractivity contribution is 5.61. The first-order valence-electron chi connectivity index (χ1n) is 7.38. The molecule has 0 amide bonds. The van der Waals surface area contributed by atoms with Crippen molar-refractivity contribution in [2.75, 3.05) is 18.6 Å². The molecular formula is C18H24N2O. The second-order valence-electron chi connectivity index (χ2n) is 5.18. The van der Waals surface area contributed by atoms with Crippen LogP contribution < -0.4 is 15.4 Å². The van der Waals surface area contributed by atoms with Crippen molar-refractivity contribution in [3.63, 3.8) is 0 Å². The third kappa shape index (κ3) is 3.56. The van der Waals surface area contributed by atoms with Gasteiger partial charge in [-0.1, -0.05) is 36.4 Å². The molecule has 2 rings (SSSR count). The van der Waals surface area contributed by atoms with Crippen LogP contribution in [0.5, 0.6) is 5.75 Å². The maximum absolute atomic E-state index is 6.17. The Balaban J connectivity index is 2.38. The molecule has 2 N–H and O–H groups in total. The normalized spacial score (nSPS) is 12.0. The van der Waals surface area contributed by atoms with E-state index in [9.17, 15) is 0 Å². The summed E-state index contributed by atoms with van der Waals surface area (Å²) in [6.45, 7) is 5.94. The second-order valence-corrected chi connectivity index (χ2v) is 5.18. The van der Waals surface area contributed by atoms with Gasteiger partial charge in [-0.2, -0.15) is 0 Å². The summed E-state index contributed by atoms with van der Waals surface area (Å²) < 4.78 is 5.49. The lowest BCUT2D eigenvalue weighted by atomic mass is 10.0. The molecule has 112 valence electrons. The van der Waals surface area contributed by atoms with Crippen LogP contribution in [-0.4, -0.2) is 13.7 Å². The van der Waals surface area contributed by atoms with Gasteiger partial charge in [0.25, 0.3) is 0 Å². The van der Waals surface area contributed by atoms with Crippen molar-refractivity contribution in [2.24, 2.45) is 5.73 Å². The Morgan fingerprint density at radius 3 is 2.38 bits per heavy atom. The quantitative estimate of drug-likeness (QED) is 0.878. The molecule has 0 fully saturated rings. The van der Waals surface area contributed by atoms with Gasteiger partial charge in [-0.15, -0.1) is 0 Å². The number of nitrogens with zero attached hydrogens (tertiary/aromatic N) is 1. The van der Waals surface area contributed by atoms with Crippen LogP contribution in [0.25, 0.3) is 0 Å². The van der Waals surface area contributed by atoms with Gasteiger partial charge in [0.15, 0.2) is 0 Å². The van der Waals surface area contributed by atoms with E-state index < -0.39 is 0 Å². The molecule has 0 heterocycles. The topological polar surface area (TPSA) is 38.5 Å². The van der Waals surface area contributed by atoms with Crippen molar-refractivity contribution >= 4 is 5.69 Å². The molecular weight excluding hydrogens is 260 g/mol. The smallest absolute Gasteiger partial charge is 0.125 e. The van der Waals surface area contributed by atoms with Crippen LogP contribution in [0.15, 0.2) is 48.5 Å². The van der Waals surface area contributed by atoms with E-state index in [2.05, 4.69) is 42.2 Å². The number of nitrogens with two attached hydrogens (primary N) is 1. The van der Waals surface area contributed by atoms with E-state index >= 15 is 0 Å². The largest absolute Gasteiger partial charge is 0.496 e. The van der Waals surface area contributed by atoms with Gasteiger partial charge in [-0.25, -0.2) is 0 Å². The molecule has 0 bridgehead atoms. The fourth-order valence-corrected chi connectivity index (χ4v) is 2.61. The van der Waals surface area contributed by atoms with Crippen LogP contribution in [0, 0.1) is 0 Å². The Morgan fingerprint density at radius 2 is 1.81 bits per heavy atom. The predicted molar refractivity (Wildman–Crippen MR) is 88.8 cm³/mol. The van der Waals surface area contributed by atoms with Gasteiger partial charge in [0, 0.05) is 30.4 Å². The molecule has 2 aromatic carbocycles. The van der Waals surface area contributed by atoms with E-state index in [0.29, 0.717) is 0 Å². The molecule has 0 aliphatic rings. The molecule has 0 saturated carbocycles. The molecule has 0 radical (unpaired) electrons. The summed E-state index contributed by atoms with van der Waals surface area (Å²) in [6.07, 6.45) is 0. The standard InChI is InChI=1S/C18H24N2O/c1-4-20(13-15-9-6-5-7-10-15)16-11-8-12-17(21-3)18(16)14(2)19/h5-12,14H,4,13,19H2,1-3H3. The minimum Gasteiger partial charge on any atom is -0.496 e. The van der Waals surface area contributed by atoms with Crippen LogP contribution in [0.3, 0.4) is 0 Å². The Labute approximate surface area is 127 Å². The van der Waals surface area contributed by atoms with Crippen molar-refractivity contribution in [3.05, 3.63) is 59.7 Å². The van der Waals surface area contributed by atoms with Crippen molar-refractivity contribution in [1.29, 1.82) is 0 Å². The lowest BCUT2D eigenvalue weighted by Gasteiger charge is -2.28. The maximum Gasteiger partial charge on any atom is 0.125 e. The molecule has 0 aromatic heterocycles. The summed E-state index contributed by atoms with van der Waals surface area (Å²) in [4.78, 5) is 2.33. The molecule has 0 saturated heterocycles. The average Bonchev–Trinajstić information content (AvgIpc) is 2.52. The van der Waals surface area contributed by atoms with E-state index in [0.717, 1.165) is 30.1 Å². The number of rotatable bonds is 6. The first kappa shape index (κ1) is 15.4. The van der Waals surface area contributed by atoms with Crippen molar-refractivity contribution in [2.45, 2.75) is 26.4 Å². The summed E-state index contributed by atoms with van der Waals surface area (Å²) in [6, 6.07) is 16.5. The van der Waals surface area contributed by atoms with Crippen LogP contribution in [0.4, 0.5) is 5.69 Å². The fraction of sp³-hybridized carbons (Fsp3) is 0.333. The molecule has 1 unspecified atom stereocenters. The third-order valence-electron chi connectivity index (χ3n) is 3.66. The molecule has 21 heavy (non-hydrogen) atoms. The summed E-state index contributed by atoms with van der Waals surface area (Å²) in [5.41, 5.74) is 9.68. The number of benzene rings is 2. The van der Waals surface area contributed by atoms with E-state index in [1.807, 2.05) is 25.1 Å². The number of anilines is 1. The van der Waals surface area contributed by atoms with Gasteiger partial charge in [-0.05, 0) is 31.5 Å².